The van der Waals surface area contributed by atoms with Gasteiger partial charge in [0.2, 0.25) is 0 Å². The Morgan fingerprint density at radius 3 is 2.46 bits per heavy atom. The van der Waals surface area contributed by atoms with E-state index in [-0.39, 0.29) is 0 Å². The summed E-state index contributed by atoms with van der Waals surface area (Å²) in [5, 5.41) is 18.9. The van der Waals surface area contributed by atoms with Crippen molar-refractivity contribution in [2.75, 3.05) is 7.11 Å². The number of hydrogen-bond acceptors (Lipinski definition) is 3. The van der Waals surface area contributed by atoms with Crippen LogP contribution in [0.15, 0.2) is 11.8 Å². The molecule has 78 valence electrons. The third-order valence-electron chi connectivity index (χ3n) is 1.95. The van der Waals surface area contributed by atoms with Gasteiger partial charge in [-0.1, -0.05) is 0 Å². The molecule has 0 bridgehead atoms. The average molecular weight is 188 g/mol. The number of ether oxygens (including phenoxy) is 1. The minimum Gasteiger partial charge on any atom is -0.504 e. The topological polar surface area (TPSA) is 49.7 Å². The number of methoxy groups -OCH3 is 1. The van der Waals surface area contributed by atoms with E-state index in [0.717, 1.165) is 12.0 Å². The van der Waals surface area contributed by atoms with Crippen molar-refractivity contribution in [3.05, 3.63) is 11.8 Å². The maximum atomic E-state index is 9.48. The molecule has 2 N–H and O–H groups in total. The molecule has 0 fully saturated rings. The largest absolute Gasteiger partial charge is 0.504 e. The molecule has 13 heavy (non-hydrogen) atoms. The lowest BCUT2D eigenvalue weighted by Crippen LogP contribution is -2.35. The van der Waals surface area contributed by atoms with E-state index in [9.17, 15) is 10.2 Å². The van der Waals surface area contributed by atoms with Crippen molar-refractivity contribution in [1.82, 2.24) is 0 Å². The molecule has 0 aromatic carbocycles. The number of hydrogen-bond donors (Lipinski definition) is 2. The van der Waals surface area contributed by atoms with Gasteiger partial charge in [-0.2, -0.15) is 0 Å². The molecule has 0 spiro atoms. The second-order valence-corrected chi connectivity index (χ2v) is 3.91. The van der Waals surface area contributed by atoms with Crippen LogP contribution in [0.2, 0.25) is 0 Å². The van der Waals surface area contributed by atoms with Gasteiger partial charge in [0.1, 0.15) is 0 Å². The Kier molecular flexibility index (Phi) is 5.03. The molecule has 0 unspecified atom stereocenters. The van der Waals surface area contributed by atoms with Gasteiger partial charge < -0.3 is 14.9 Å². The summed E-state index contributed by atoms with van der Waals surface area (Å²) in [6, 6.07) is 0. The molecule has 3 heteroatoms. The van der Waals surface area contributed by atoms with Crippen LogP contribution >= 0.6 is 0 Å². The lowest BCUT2D eigenvalue weighted by Gasteiger charge is -2.24. The van der Waals surface area contributed by atoms with Gasteiger partial charge in [-0.15, -0.1) is 0 Å². The third kappa shape index (κ3) is 5.66. The van der Waals surface area contributed by atoms with E-state index < -0.39 is 11.7 Å². The first kappa shape index (κ1) is 12.5. The van der Waals surface area contributed by atoms with E-state index in [4.69, 9.17) is 4.74 Å². The van der Waals surface area contributed by atoms with Crippen molar-refractivity contribution in [2.45, 2.75) is 45.3 Å². The van der Waals surface area contributed by atoms with Crippen LogP contribution in [0.3, 0.4) is 0 Å². The van der Waals surface area contributed by atoms with Gasteiger partial charge >= 0.3 is 0 Å². The van der Waals surface area contributed by atoms with Crippen molar-refractivity contribution < 1.29 is 14.9 Å². The monoisotopic (exact) mass is 188 g/mol. The van der Waals surface area contributed by atoms with Crippen LogP contribution < -0.4 is 0 Å². The molecule has 0 saturated heterocycles. The predicted octanol–water partition coefficient (Wildman–Crippen LogP) is 1.45. The van der Waals surface area contributed by atoms with Crippen molar-refractivity contribution in [2.24, 2.45) is 0 Å². The van der Waals surface area contributed by atoms with Gasteiger partial charge in [-0.05, 0) is 39.2 Å². The van der Waals surface area contributed by atoms with E-state index in [1.54, 1.807) is 27.2 Å². The molecule has 0 saturated carbocycles. The predicted molar refractivity (Wildman–Crippen MR) is 52.3 cm³/mol. The SMILES string of the molecule is CO/C=C(\C)CC[C@H](O)C(C)(C)O. The summed E-state index contributed by atoms with van der Waals surface area (Å²) < 4.78 is 4.82. The fraction of sp³-hybridized carbons (Fsp3) is 0.800. The van der Waals surface area contributed by atoms with Gasteiger partial charge in [0.25, 0.3) is 0 Å². The summed E-state index contributed by atoms with van der Waals surface area (Å²) in [6.07, 6.45) is 2.25. The summed E-state index contributed by atoms with van der Waals surface area (Å²) in [7, 11) is 1.59. The molecular formula is C10H20O3. The van der Waals surface area contributed by atoms with Gasteiger partial charge in [0.15, 0.2) is 0 Å². The number of rotatable bonds is 5. The van der Waals surface area contributed by atoms with Crippen LogP contribution in [0.25, 0.3) is 0 Å². The molecule has 3 nitrogen and oxygen atoms in total. The Balaban J connectivity index is 3.83. The first-order chi connectivity index (χ1) is 5.88. The Morgan fingerprint density at radius 1 is 1.54 bits per heavy atom. The van der Waals surface area contributed by atoms with Crippen LogP contribution in [-0.4, -0.2) is 29.0 Å². The quantitative estimate of drug-likeness (QED) is 0.642. The number of aliphatic hydroxyl groups is 2. The van der Waals surface area contributed by atoms with Crippen molar-refractivity contribution in [3.63, 3.8) is 0 Å². The maximum absolute atomic E-state index is 9.48. The minimum absolute atomic E-state index is 0.551. The molecule has 0 radical (unpaired) electrons. The van der Waals surface area contributed by atoms with E-state index in [2.05, 4.69) is 0 Å². The average Bonchev–Trinajstić information content (AvgIpc) is 1.99. The van der Waals surface area contributed by atoms with E-state index in [0.29, 0.717) is 6.42 Å². The minimum atomic E-state index is -1.02. The fourth-order valence-electron chi connectivity index (χ4n) is 0.978. The molecule has 0 aromatic rings. The fourth-order valence-corrected chi connectivity index (χ4v) is 0.978. The first-order valence-corrected chi connectivity index (χ1v) is 4.46. The summed E-state index contributed by atoms with van der Waals surface area (Å²) in [6.45, 7) is 5.14. The smallest absolute Gasteiger partial charge is 0.0849 e. The second-order valence-electron chi connectivity index (χ2n) is 3.91. The summed E-state index contributed by atoms with van der Waals surface area (Å²) in [5.74, 6) is 0. The van der Waals surface area contributed by atoms with Crippen LogP contribution in [0.1, 0.15) is 33.6 Å². The molecule has 0 amide bonds. The highest BCUT2D eigenvalue weighted by Gasteiger charge is 2.23. The molecule has 0 aliphatic carbocycles. The van der Waals surface area contributed by atoms with Crippen LogP contribution in [-0.2, 0) is 4.74 Å². The standard InChI is InChI=1S/C10H20O3/c1-8(7-13-4)5-6-9(11)10(2,3)12/h7,9,11-12H,5-6H2,1-4H3/b8-7+/t9-/m0/s1. The van der Waals surface area contributed by atoms with Crippen molar-refractivity contribution in [3.8, 4) is 0 Å². The molecule has 0 rings (SSSR count). The summed E-state index contributed by atoms with van der Waals surface area (Å²) >= 11 is 0. The number of aliphatic hydroxyl groups excluding tert-OH is 1. The van der Waals surface area contributed by atoms with E-state index in [1.807, 2.05) is 6.92 Å². The second kappa shape index (κ2) is 5.25. The van der Waals surface area contributed by atoms with Gasteiger partial charge in [0.05, 0.1) is 25.1 Å². The highest BCUT2D eigenvalue weighted by molar-refractivity contribution is 4.94. The third-order valence-corrected chi connectivity index (χ3v) is 1.95. The highest BCUT2D eigenvalue weighted by Crippen LogP contribution is 2.16. The Morgan fingerprint density at radius 2 is 2.08 bits per heavy atom. The summed E-state index contributed by atoms with van der Waals surface area (Å²) in [4.78, 5) is 0. The van der Waals surface area contributed by atoms with Crippen molar-refractivity contribution in [1.29, 1.82) is 0 Å². The Hall–Kier alpha value is -0.540. The molecule has 0 heterocycles. The van der Waals surface area contributed by atoms with Crippen LogP contribution in [0.5, 0.6) is 0 Å². The van der Waals surface area contributed by atoms with E-state index >= 15 is 0 Å². The zero-order valence-electron chi connectivity index (χ0n) is 8.87. The first-order valence-electron chi connectivity index (χ1n) is 4.46. The zero-order chi connectivity index (χ0) is 10.5. The summed E-state index contributed by atoms with van der Waals surface area (Å²) in [5.41, 5.74) is 0.0404. The molecular weight excluding hydrogens is 168 g/mol. The molecule has 0 aromatic heterocycles. The maximum Gasteiger partial charge on any atom is 0.0849 e. The van der Waals surface area contributed by atoms with Gasteiger partial charge in [-0.3, -0.25) is 0 Å². The van der Waals surface area contributed by atoms with Gasteiger partial charge in [-0.25, -0.2) is 0 Å². The molecule has 1 atom stereocenters. The highest BCUT2D eigenvalue weighted by atomic mass is 16.5. The lowest BCUT2D eigenvalue weighted by atomic mass is 9.96. The molecule has 0 aliphatic heterocycles. The van der Waals surface area contributed by atoms with Crippen LogP contribution in [0, 0.1) is 0 Å². The normalized spacial score (nSPS) is 15.7. The van der Waals surface area contributed by atoms with Crippen LogP contribution in [0.4, 0.5) is 0 Å². The number of allylic oxidation sites excluding steroid dienone is 1. The lowest BCUT2D eigenvalue weighted by molar-refractivity contribution is -0.0510. The van der Waals surface area contributed by atoms with Crippen molar-refractivity contribution >= 4 is 0 Å². The Labute approximate surface area is 80.0 Å². The van der Waals surface area contributed by atoms with E-state index in [1.165, 1.54) is 0 Å². The van der Waals surface area contributed by atoms with Gasteiger partial charge in [0, 0.05) is 0 Å². The Bertz CT molecular complexity index is 167. The zero-order valence-corrected chi connectivity index (χ0v) is 8.87. The molecule has 0 aliphatic rings.